The highest BCUT2D eigenvalue weighted by Crippen LogP contribution is 2.33. The normalized spacial score (nSPS) is 29.3. The summed E-state index contributed by atoms with van der Waals surface area (Å²) in [5, 5.41) is 19.3. The first kappa shape index (κ1) is 14.0. The summed E-state index contributed by atoms with van der Waals surface area (Å²) in [5.41, 5.74) is 5.91. The Hall–Kier alpha value is -1.94. The second kappa shape index (κ2) is 5.11. The number of nitrogens with zero attached hydrogens (tertiary/aromatic N) is 2. The van der Waals surface area contributed by atoms with Crippen molar-refractivity contribution in [3.05, 3.63) is 22.7 Å². The van der Waals surface area contributed by atoms with Crippen molar-refractivity contribution < 1.29 is 19.7 Å². The molecule has 0 aromatic carbocycles. The third kappa shape index (κ3) is 2.10. The smallest absolute Gasteiger partial charge is 0.277 e. The van der Waals surface area contributed by atoms with Gasteiger partial charge in [0.25, 0.3) is 5.56 Å². The van der Waals surface area contributed by atoms with Crippen LogP contribution in [0.3, 0.4) is 0 Å². The summed E-state index contributed by atoms with van der Waals surface area (Å²) in [7, 11) is 1.43. The molecular formula is C12H16N4O5. The van der Waals surface area contributed by atoms with Gasteiger partial charge in [0.1, 0.15) is 24.1 Å². The molecule has 9 nitrogen and oxygen atoms in total. The minimum atomic E-state index is -0.984. The minimum absolute atomic E-state index is 0.195. The number of nitrogens with one attached hydrogen (secondary N) is 1. The highest BCUT2D eigenvalue weighted by atomic mass is 16.6. The minimum Gasteiger partial charge on any atom is -0.394 e. The van der Waals surface area contributed by atoms with Gasteiger partial charge < -0.3 is 35.0 Å². The molecule has 0 aliphatic carbocycles. The van der Waals surface area contributed by atoms with E-state index in [1.165, 1.54) is 13.4 Å². The molecule has 114 valence electrons. The van der Waals surface area contributed by atoms with Crippen LogP contribution >= 0.6 is 0 Å². The number of ether oxygens (including phenoxy) is 2. The van der Waals surface area contributed by atoms with E-state index in [1.54, 1.807) is 10.6 Å². The molecule has 21 heavy (non-hydrogen) atoms. The maximum atomic E-state index is 11.8. The number of nitrogens with two attached hydrogens (primary N) is 1. The predicted octanol–water partition coefficient (Wildman–Crippen LogP) is -1.43. The van der Waals surface area contributed by atoms with Gasteiger partial charge in [-0.1, -0.05) is 0 Å². The van der Waals surface area contributed by atoms with E-state index in [0.29, 0.717) is 5.52 Å². The summed E-state index contributed by atoms with van der Waals surface area (Å²) in [4.78, 5) is 18.3. The molecule has 3 rings (SSSR count). The Morgan fingerprint density at radius 1 is 1.62 bits per heavy atom. The van der Waals surface area contributed by atoms with Crippen LogP contribution in [-0.4, -0.2) is 56.8 Å². The molecule has 4 atom stereocenters. The Morgan fingerprint density at radius 2 is 2.38 bits per heavy atom. The topological polar surface area (TPSA) is 136 Å². The van der Waals surface area contributed by atoms with Crippen LogP contribution in [0, 0.1) is 0 Å². The van der Waals surface area contributed by atoms with Crippen LogP contribution in [0.15, 0.2) is 17.2 Å². The van der Waals surface area contributed by atoms with Crippen LogP contribution in [0.1, 0.15) is 6.23 Å². The molecular weight excluding hydrogens is 280 g/mol. The van der Waals surface area contributed by atoms with Crippen molar-refractivity contribution >= 4 is 16.9 Å². The maximum Gasteiger partial charge on any atom is 0.277 e. The Labute approximate surface area is 118 Å². The van der Waals surface area contributed by atoms with Crippen LogP contribution in [-0.2, 0) is 9.47 Å². The Bertz CT molecular complexity index is 711. The Kier molecular flexibility index (Phi) is 3.41. The lowest BCUT2D eigenvalue weighted by atomic mass is 10.1. The molecule has 5 N–H and O–H groups in total. The summed E-state index contributed by atoms with van der Waals surface area (Å²) >= 11 is 0. The number of aliphatic hydroxyl groups is 2. The van der Waals surface area contributed by atoms with E-state index in [0.717, 1.165) is 0 Å². The Morgan fingerprint density at radius 3 is 3.05 bits per heavy atom. The third-order valence-electron chi connectivity index (χ3n) is 3.64. The maximum absolute atomic E-state index is 11.8. The van der Waals surface area contributed by atoms with Gasteiger partial charge in [-0.2, -0.15) is 0 Å². The van der Waals surface area contributed by atoms with Crippen molar-refractivity contribution in [2.45, 2.75) is 24.5 Å². The van der Waals surface area contributed by atoms with E-state index in [4.69, 9.17) is 15.2 Å². The molecule has 3 heterocycles. The first-order valence-electron chi connectivity index (χ1n) is 6.39. The molecule has 1 aliphatic heterocycles. The number of anilines is 1. The van der Waals surface area contributed by atoms with Crippen LogP contribution in [0.5, 0.6) is 0 Å². The average Bonchev–Trinajstić information content (AvgIpc) is 2.99. The molecule has 0 saturated carbocycles. The van der Waals surface area contributed by atoms with E-state index >= 15 is 0 Å². The number of rotatable bonds is 3. The number of aromatic nitrogens is 3. The van der Waals surface area contributed by atoms with Gasteiger partial charge in [-0.15, -0.1) is 0 Å². The molecule has 9 heteroatoms. The fraction of sp³-hybridized carbons (Fsp3) is 0.500. The van der Waals surface area contributed by atoms with Gasteiger partial charge in [0, 0.05) is 13.2 Å². The van der Waals surface area contributed by atoms with Crippen molar-refractivity contribution in [2.24, 2.45) is 0 Å². The summed E-state index contributed by atoms with van der Waals surface area (Å²) in [6.07, 6.45) is -1.74. The van der Waals surface area contributed by atoms with Crippen LogP contribution < -0.4 is 11.3 Å². The largest absolute Gasteiger partial charge is 0.394 e. The number of methoxy groups -OCH3 is 1. The van der Waals surface area contributed by atoms with Gasteiger partial charge in [0.05, 0.1) is 18.5 Å². The van der Waals surface area contributed by atoms with Crippen molar-refractivity contribution in [1.29, 1.82) is 0 Å². The molecule has 1 aliphatic rings. The van der Waals surface area contributed by atoms with Crippen molar-refractivity contribution in [1.82, 2.24) is 14.5 Å². The molecule has 0 radical (unpaired) electrons. The third-order valence-corrected chi connectivity index (χ3v) is 3.64. The molecule has 0 spiro atoms. The van der Waals surface area contributed by atoms with Crippen molar-refractivity contribution in [3.63, 3.8) is 0 Å². The first-order chi connectivity index (χ1) is 10.1. The number of H-pyrrole nitrogens is 1. The van der Waals surface area contributed by atoms with E-state index < -0.39 is 30.1 Å². The van der Waals surface area contributed by atoms with Gasteiger partial charge in [-0.3, -0.25) is 4.79 Å². The number of aliphatic hydroxyl groups excluding tert-OH is 2. The van der Waals surface area contributed by atoms with Gasteiger partial charge in [-0.05, 0) is 0 Å². The van der Waals surface area contributed by atoms with E-state index in [-0.39, 0.29) is 17.9 Å². The van der Waals surface area contributed by atoms with Gasteiger partial charge in [-0.25, -0.2) is 4.98 Å². The van der Waals surface area contributed by atoms with Gasteiger partial charge in [0.15, 0.2) is 11.7 Å². The lowest BCUT2D eigenvalue weighted by Crippen LogP contribution is -2.34. The van der Waals surface area contributed by atoms with E-state index in [9.17, 15) is 15.0 Å². The van der Waals surface area contributed by atoms with Crippen molar-refractivity contribution in [3.8, 4) is 0 Å². The first-order valence-corrected chi connectivity index (χ1v) is 6.39. The molecule has 0 unspecified atom stereocenters. The monoisotopic (exact) mass is 296 g/mol. The fourth-order valence-corrected chi connectivity index (χ4v) is 2.61. The number of nitrogen functional groups attached to an aromatic ring is 1. The van der Waals surface area contributed by atoms with Gasteiger partial charge >= 0.3 is 0 Å². The van der Waals surface area contributed by atoms with Crippen molar-refractivity contribution in [2.75, 3.05) is 19.5 Å². The number of imidazole rings is 1. The zero-order chi connectivity index (χ0) is 15.1. The second-order valence-corrected chi connectivity index (χ2v) is 4.88. The number of fused-ring (bicyclic) bond motifs is 1. The van der Waals surface area contributed by atoms with Crippen LogP contribution in [0.4, 0.5) is 5.82 Å². The molecule has 1 fully saturated rings. The summed E-state index contributed by atoms with van der Waals surface area (Å²) < 4.78 is 12.4. The predicted molar refractivity (Wildman–Crippen MR) is 72.6 cm³/mol. The zero-order valence-corrected chi connectivity index (χ0v) is 11.3. The van der Waals surface area contributed by atoms with E-state index in [1.807, 2.05) is 0 Å². The highest BCUT2D eigenvalue weighted by Gasteiger charge is 2.45. The van der Waals surface area contributed by atoms with Gasteiger partial charge in [0.2, 0.25) is 0 Å². The quantitative estimate of drug-likeness (QED) is 0.545. The summed E-state index contributed by atoms with van der Waals surface area (Å²) in [6.45, 7) is -0.340. The average molecular weight is 296 g/mol. The fourth-order valence-electron chi connectivity index (χ4n) is 2.61. The molecule has 2 aromatic rings. The zero-order valence-electron chi connectivity index (χ0n) is 11.3. The lowest BCUT2D eigenvalue weighted by molar-refractivity contribution is -0.0580. The molecule has 1 saturated heterocycles. The molecule has 0 bridgehead atoms. The number of aromatic amines is 1. The van der Waals surface area contributed by atoms with Crippen LogP contribution in [0.25, 0.3) is 11.0 Å². The second-order valence-electron chi connectivity index (χ2n) is 4.88. The number of hydrogen-bond acceptors (Lipinski definition) is 7. The molecule has 0 amide bonds. The molecule has 2 aromatic heterocycles. The van der Waals surface area contributed by atoms with Crippen LogP contribution in [0.2, 0.25) is 0 Å². The van der Waals surface area contributed by atoms with E-state index in [2.05, 4.69) is 9.97 Å². The lowest BCUT2D eigenvalue weighted by Gasteiger charge is -2.20. The number of pyridine rings is 1. The summed E-state index contributed by atoms with van der Waals surface area (Å²) in [5.74, 6) is 0.195. The number of hydrogen-bond donors (Lipinski definition) is 4. The SMILES string of the molecule is CO[C@H]1[C@@H](O)[C@H](CO)O[C@@H]1n1cnc2c(=O)[nH]c(N)cc21. The standard InChI is InChI=1S/C12H16N4O5/c1-20-10-9(18)6(3-17)21-12(10)16-4-14-8-5(16)2-7(13)15-11(8)19/h2,4,6,9-10,12,17-18H,3H2,1H3,(H3,13,15,19)/t6-,9-,10-,12-/m0/s1. The highest BCUT2D eigenvalue weighted by molar-refractivity contribution is 5.76. The Balaban J connectivity index is 2.10. The summed E-state index contributed by atoms with van der Waals surface area (Å²) in [6, 6.07) is 1.55.